The summed E-state index contributed by atoms with van der Waals surface area (Å²) in [4.78, 5) is 20.6. The summed E-state index contributed by atoms with van der Waals surface area (Å²) in [6, 6.07) is 0. The molecule has 0 atom stereocenters. The fourth-order valence-corrected chi connectivity index (χ4v) is 1.76. The van der Waals surface area contributed by atoms with Gasteiger partial charge in [-0.05, 0) is 0 Å². The predicted molar refractivity (Wildman–Crippen MR) is 59.7 cm³/mol. The number of halogens is 1. The number of nitrogens with one attached hydrogen (secondary N) is 1. The molecule has 0 aromatic carbocycles. The number of rotatable bonds is 3. The van der Waals surface area contributed by atoms with Crippen LogP contribution in [0.15, 0.2) is 6.20 Å². The lowest BCUT2D eigenvalue weighted by Gasteiger charge is -2.26. The van der Waals surface area contributed by atoms with E-state index in [1.165, 1.54) is 0 Å². The number of aromatic amines is 1. The van der Waals surface area contributed by atoms with Crippen molar-refractivity contribution < 1.29 is 9.53 Å². The third-order valence-electron chi connectivity index (χ3n) is 2.29. The van der Waals surface area contributed by atoms with Gasteiger partial charge in [-0.2, -0.15) is 0 Å². The summed E-state index contributed by atoms with van der Waals surface area (Å²) in [6.07, 6.45) is 1.58. The first-order valence-corrected chi connectivity index (χ1v) is 5.90. The van der Waals surface area contributed by atoms with Crippen LogP contribution in [0.3, 0.4) is 0 Å². The zero-order valence-corrected chi connectivity index (χ0v) is 9.79. The monoisotopic (exact) mass is 273 g/mol. The van der Waals surface area contributed by atoms with Crippen LogP contribution in [-0.2, 0) is 4.74 Å². The zero-order chi connectivity index (χ0) is 10.7. The number of morpholine rings is 1. The average Bonchev–Trinajstić information content (AvgIpc) is 2.78. The van der Waals surface area contributed by atoms with Crippen LogP contribution in [0, 0.1) is 0 Å². The highest BCUT2D eigenvalue weighted by Gasteiger charge is 2.15. The summed E-state index contributed by atoms with van der Waals surface area (Å²) in [6.45, 7) is 3.05. The van der Waals surface area contributed by atoms with Crippen molar-refractivity contribution >= 4 is 27.7 Å². The molecule has 6 heteroatoms. The number of imidazole rings is 1. The average molecular weight is 274 g/mol. The fourth-order valence-electron chi connectivity index (χ4n) is 1.46. The molecule has 0 aliphatic carbocycles. The third kappa shape index (κ3) is 2.38. The highest BCUT2D eigenvalue weighted by molar-refractivity contribution is 9.09. The van der Waals surface area contributed by atoms with Gasteiger partial charge in [-0.25, -0.2) is 4.98 Å². The van der Waals surface area contributed by atoms with Gasteiger partial charge in [0.25, 0.3) is 0 Å². The number of ether oxygens (including phenoxy) is 1. The van der Waals surface area contributed by atoms with Gasteiger partial charge in [0.15, 0.2) is 5.78 Å². The lowest BCUT2D eigenvalue weighted by Crippen LogP contribution is -2.36. The number of nitrogens with zero attached hydrogens (tertiary/aromatic N) is 2. The van der Waals surface area contributed by atoms with Crippen LogP contribution < -0.4 is 4.90 Å². The first kappa shape index (κ1) is 10.6. The van der Waals surface area contributed by atoms with Crippen molar-refractivity contribution in [2.75, 3.05) is 36.5 Å². The number of aromatic nitrogens is 2. The number of carbonyl (C=O) groups excluding carboxylic acids is 1. The van der Waals surface area contributed by atoms with Crippen LogP contribution in [0.4, 0.5) is 5.95 Å². The molecule has 1 saturated heterocycles. The standard InChI is InChI=1S/C9H12BrN3O2/c10-5-8(14)7-6-11-9(12-7)13-1-3-15-4-2-13/h6H,1-5H2,(H,11,12). The molecule has 0 spiro atoms. The van der Waals surface area contributed by atoms with E-state index in [0.29, 0.717) is 24.2 Å². The Morgan fingerprint density at radius 1 is 1.60 bits per heavy atom. The largest absolute Gasteiger partial charge is 0.378 e. The Morgan fingerprint density at radius 2 is 2.33 bits per heavy atom. The van der Waals surface area contributed by atoms with Crippen molar-refractivity contribution in [3.8, 4) is 0 Å². The fraction of sp³-hybridized carbons (Fsp3) is 0.556. The maximum Gasteiger partial charge on any atom is 0.203 e. The summed E-state index contributed by atoms with van der Waals surface area (Å²) in [5.41, 5.74) is 0.549. The summed E-state index contributed by atoms with van der Waals surface area (Å²) in [7, 11) is 0. The Bertz CT molecular complexity index is 347. The number of alkyl halides is 1. The van der Waals surface area contributed by atoms with E-state index in [1.54, 1.807) is 6.20 Å². The molecule has 1 aromatic heterocycles. The predicted octanol–water partition coefficient (Wildman–Crippen LogP) is 0.824. The van der Waals surface area contributed by atoms with Crippen LogP contribution >= 0.6 is 15.9 Å². The number of hydrogen-bond acceptors (Lipinski definition) is 4. The van der Waals surface area contributed by atoms with E-state index in [4.69, 9.17) is 4.74 Å². The molecule has 0 bridgehead atoms. The van der Waals surface area contributed by atoms with Crippen molar-refractivity contribution in [2.45, 2.75) is 0 Å². The SMILES string of the molecule is O=C(CBr)c1cnc(N2CCOCC2)[nH]1. The maximum absolute atomic E-state index is 11.3. The van der Waals surface area contributed by atoms with Crippen LogP contribution in [0.1, 0.15) is 10.5 Å². The number of ketones is 1. The van der Waals surface area contributed by atoms with Gasteiger partial charge in [-0.15, -0.1) is 0 Å². The second kappa shape index (κ2) is 4.76. The van der Waals surface area contributed by atoms with Crippen molar-refractivity contribution in [1.29, 1.82) is 0 Å². The molecule has 1 aliphatic heterocycles. The number of carbonyl (C=O) groups is 1. The highest BCUT2D eigenvalue weighted by Crippen LogP contribution is 2.11. The van der Waals surface area contributed by atoms with E-state index in [2.05, 4.69) is 30.8 Å². The minimum atomic E-state index is 0.0157. The van der Waals surface area contributed by atoms with Gasteiger partial charge < -0.3 is 14.6 Å². The Labute approximate surface area is 95.9 Å². The van der Waals surface area contributed by atoms with Gasteiger partial charge in [-0.1, -0.05) is 15.9 Å². The molecule has 15 heavy (non-hydrogen) atoms. The molecule has 82 valence electrons. The van der Waals surface area contributed by atoms with E-state index >= 15 is 0 Å². The lowest BCUT2D eigenvalue weighted by molar-refractivity contribution is 0.101. The molecule has 0 unspecified atom stereocenters. The van der Waals surface area contributed by atoms with E-state index in [1.807, 2.05) is 0 Å². The van der Waals surface area contributed by atoms with Gasteiger partial charge in [0, 0.05) is 13.1 Å². The first-order valence-electron chi connectivity index (χ1n) is 4.78. The molecule has 1 fully saturated rings. The molecule has 1 aromatic rings. The number of Topliss-reactive ketones (excluding diaryl/α,β-unsaturated/α-hetero) is 1. The van der Waals surface area contributed by atoms with Gasteiger partial charge in [-0.3, -0.25) is 4.79 Å². The molecule has 1 N–H and O–H groups in total. The molecular formula is C9H12BrN3O2. The second-order valence-electron chi connectivity index (χ2n) is 3.28. The maximum atomic E-state index is 11.3. The third-order valence-corrected chi connectivity index (χ3v) is 2.80. The molecule has 2 heterocycles. The molecule has 0 radical (unpaired) electrons. The summed E-state index contributed by atoms with van der Waals surface area (Å²) < 4.78 is 5.24. The van der Waals surface area contributed by atoms with Crippen LogP contribution in [0.2, 0.25) is 0 Å². The van der Waals surface area contributed by atoms with Crippen molar-refractivity contribution in [3.63, 3.8) is 0 Å². The molecule has 2 rings (SSSR count). The first-order chi connectivity index (χ1) is 7.31. The van der Waals surface area contributed by atoms with E-state index in [0.717, 1.165) is 19.0 Å². The van der Waals surface area contributed by atoms with Crippen LogP contribution in [0.25, 0.3) is 0 Å². The summed E-state index contributed by atoms with van der Waals surface area (Å²) >= 11 is 3.13. The highest BCUT2D eigenvalue weighted by atomic mass is 79.9. The van der Waals surface area contributed by atoms with Gasteiger partial charge in [0.2, 0.25) is 5.95 Å². The number of anilines is 1. The molecular weight excluding hydrogens is 262 g/mol. The van der Waals surface area contributed by atoms with Crippen LogP contribution in [-0.4, -0.2) is 47.4 Å². The molecule has 0 saturated carbocycles. The van der Waals surface area contributed by atoms with Crippen LogP contribution in [0.5, 0.6) is 0 Å². The molecule has 1 aliphatic rings. The second-order valence-corrected chi connectivity index (χ2v) is 3.84. The van der Waals surface area contributed by atoms with Crippen molar-refractivity contribution in [1.82, 2.24) is 9.97 Å². The van der Waals surface area contributed by atoms with Gasteiger partial charge in [0.1, 0.15) is 5.69 Å². The summed E-state index contributed by atoms with van der Waals surface area (Å²) in [5.74, 6) is 0.768. The minimum Gasteiger partial charge on any atom is -0.378 e. The van der Waals surface area contributed by atoms with Crippen molar-refractivity contribution in [3.05, 3.63) is 11.9 Å². The Kier molecular flexibility index (Phi) is 3.37. The zero-order valence-electron chi connectivity index (χ0n) is 8.20. The topological polar surface area (TPSA) is 58.2 Å². The Morgan fingerprint density at radius 3 is 3.00 bits per heavy atom. The quantitative estimate of drug-likeness (QED) is 0.655. The van der Waals surface area contributed by atoms with E-state index < -0.39 is 0 Å². The lowest BCUT2D eigenvalue weighted by atomic mass is 10.3. The van der Waals surface area contributed by atoms with E-state index in [9.17, 15) is 4.79 Å². The van der Waals surface area contributed by atoms with Gasteiger partial charge >= 0.3 is 0 Å². The van der Waals surface area contributed by atoms with Crippen molar-refractivity contribution in [2.24, 2.45) is 0 Å². The number of H-pyrrole nitrogens is 1. The smallest absolute Gasteiger partial charge is 0.203 e. The van der Waals surface area contributed by atoms with Gasteiger partial charge in [0.05, 0.1) is 24.7 Å². The molecule has 0 amide bonds. The number of hydrogen-bond donors (Lipinski definition) is 1. The Balaban J connectivity index is 2.08. The minimum absolute atomic E-state index is 0.0157. The Hall–Kier alpha value is -0.880. The summed E-state index contributed by atoms with van der Waals surface area (Å²) in [5, 5.41) is 0.317. The van der Waals surface area contributed by atoms with E-state index in [-0.39, 0.29) is 5.78 Å². The normalized spacial score (nSPS) is 16.7. The molecule has 5 nitrogen and oxygen atoms in total.